The highest BCUT2D eigenvalue weighted by Gasteiger charge is 2.12. The van der Waals surface area contributed by atoms with E-state index in [-0.39, 0.29) is 0 Å². The van der Waals surface area contributed by atoms with Gasteiger partial charge < -0.3 is 5.11 Å². The average Bonchev–Trinajstić information content (AvgIpc) is 2.74. The number of hydrogen-bond donors (Lipinski definition) is 1. The number of aromatic nitrogens is 1. The molecule has 1 unspecified atom stereocenters. The first kappa shape index (κ1) is 11.2. The summed E-state index contributed by atoms with van der Waals surface area (Å²) in [6, 6.07) is 3.41. The third-order valence-corrected chi connectivity index (χ3v) is 3.01. The van der Waals surface area contributed by atoms with Crippen LogP contribution in [0.15, 0.2) is 29.9 Å². The molecule has 2 aromatic rings. The van der Waals surface area contributed by atoms with E-state index in [4.69, 9.17) is 0 Å². The Bertz CT molecular complexity index is 473. The minimum atomic E-state index is -0.944. The summed E-state index contributed by atoms with van der Waals surface area (Å²) in [4.78, 5) is 4.77. The number of rotatable bonds is 3. The van der Waals surface area contributed by atoms with Crippen molar-refractivity contribution in [3.05, 3.63) is 52.0 Å². The van der Waals surface area contributed by atoms with Crippen LogP contribution in [0.25, 0.3) is 0 Å². The summed E-state index contributed by atoms with van der Waals surface area (Å²) in [7, 11) is 0. The number of hydrogen-bond acceptors (Lipinski definition) is 3. The lowest BCUT2D eigenvalue weighted by molar-refractivity contribution is 0.178. The molecule has 2 nitrogen and oxygen atoms in total. The van der Waals surface area contributed by atoms with Crippen molar-refractivity contribution in [2.75, 3.05) is 0 Å². The van der Waals surface area contributed by atoms with E-state index < -0.39 is 17.7 Å². The highest BCUT2D eigenvalue weighted by molar-refractivity contribution is 7.09. The van der Waals surface area contributed by atoms with E-state index in [0.717, 1.165) is 17.0 Å². The van der Waals surface area contributed by atoms with Gasteiger partial charge in [0, 0.05) is 17.5 Å². The van der Waals surface area contributed by atoms with E-state index in [0.29, 0.717) is 12.0 Å². The van der Waals surface area contributed by atoms with Crippen LogP contribution in [0.4, 0.5) is 8.78 Å². The first-order valence-electron chi connectivity index (χ1n) is 4.67. The summed E-state index contributed by atoms with van der Waals surface area (Å²) in [5, 5.41) is 9.80. The van der Waals surface area contributed by atoms with E-state index in [1.54, 1.807) is 11.7 Å². The quantitative estimate of drug-likeness (QED) is 0.896. The van der Waals surface area contributed by atoms with Gasteiger partial charge in [-0.2, -0.15) is 0 Å². The summed E-state index contributed by atoms with van der Waals surface area (Å²) in [6.45, 7) is 0. The Morgan fingerprint density at radius 2 is 2.12 bits per heavy atom. The second-order valence-corrected chi connectivity index (χ2v) is 4.33. The summed E-state index contributed by atoms with van der Waals surface area (Å²) in [5.41, 5.74) is 2.03. The summed E-state index contributed by atoms with van der Waals surface area (Å²) >= 11 is 1.41. The van der Waals surface area contributed by atoms with Gasteiger partial charge in [-0.25, -0.2) is 8.78 Å². The number of nitrogens with zero attached hydrogens (tertiary/aromatic N) is 1. The van der Waals surface area contributed by atoms with Crippen LogP contribution in [0.5, 0.6) is 0 Å². The Hall–Kier alpha value is -1.33. The lowest BCUT2D eigenvalue weighted by Crippen LogP contribution is -2.01. The van der Waals surface area contributed by atoms with Crippen LogP contribution < -0.4 is 0 Å². The molecule has 0 saturated carbocycles. The van der Waals surface area contributed by atoms with Crippen molar-refractivity contribution in [3.63, 3.8) is 0 Å². The van der Waals surface area contributed by atoms with Gasteiger partial charge in [0.15, 0.2) is 11.6 Å². The Morgan fingerprint density at radius 1 is 1.31 bits per heavy atom. The van der Waals surface area contributed by atoms with Crippen LogP contribution >= 0.6 is 11.3 Å². The molecule has 2 rings (SSSR count). The van der Waals surface area contributed by atoms with Crippen LogP contribution in [0.2, 0.25) is 0 Å². The molecule has 0 amide bonds. The molecule has 1 aromatic carbocycles. The number of aliphatic hydroxyl groups is 1. The van der Waals surface area contributed by atoms with Crippen LogP contribution in [-0.2, 0) is 6.42 Å². The number of halogens is 2. The molecule has 84 valence electrons. The number of thiazole rings is 1. The molecule has 1 aromatic heterocycles. The summed E-state index contributed by atoms with van der Waals surface area (Å²) in [5.74, 6) is -1.85. The molecule has 1 N–H and O–H groups in total. The SMILES string of the molecule is OC(Cc1cncs1)c1ccc(F)c(F)c1. The van der Waals surface area contributed by atoms with Crippen LogP contribution in [0.1, 0.15) is 16.5 Å². The fraction of sp³-hybridized carbons (Fsp3) is 0.182. The molecule has 0 aliphatic heterocycles. The molecular formula is C11H9F2NOS. The Balaban J connectivity index is 2.14. The minimum absolute atomic E-state index is 0.357. The number of benzene rings is 1. The highest BCUT2D eigenvalue weighted by Crippen LogP contribution is 2.21. The van der Waals surface area contributed by atoms with Crippen molar-refractivity contribution >= 4 is 11.3 Å². The Kier molecular flexibility index (Phi) is 3.26. The van der Waals surface area contributed by atoms with Gasteiger partial charge in [-0.1, -0.05) is 6.07 Å². The van der Waals surface area contributed by atoms with Crippen molar-refractivity contribution in [2.24, 2.45) is 0 Å². The van der Waals surface area contributed by atoms with Crippen molar-refractivity contribution < 1.29 is 13.9 Å². The average molecular weight is 241 g/mol. The van der Waals surface area contributed by atoms with Gasteiger partial charge in [-0.3, -0.25) is 4.98 Å². The topological polar surface area (TPSA) is 33.1 Å². The summed E-state index contributed by atoms with van der Waals surface area (Å²) < 4.78 is 25.6. The van der Waals surface area contributed by atoms with Gasteiger partial charge in [-0.05, 0) is 17.7 Å². The van der Waals surface area contributed by atoms with Gasteiger partial charge in [0.1, 0.15) is 0 Å². The maximum absolute atomic E-state index is 12.9. The third-order valence-electron chi connectivity index (χ3n) is 2.21. The molecule has 5 heteroatoms. The molecule has 0 bridgehead atoms. The summed E-state index contributed by atoms with van der Waals surface area (Å²) in [6.07, 6.45) is 1.17. The largest absolute Gasteiger partial charge is 0.388 e. The Morgan fingerprint density at radius 3 is 2.75 bits per heavy atom. The van der Waals surface area contributed by atoms with Crippen molar-refractivity contribution in [3.8, 4) is 0 Å². The standard InChI is InChI=1S/C11H9F2NOS/c12-9-2-1-7(3-10(9)13)11(15)4-8-5-14-6-16-8/h1-3,5-6,11,15H,4H2. The predicted octanol–water partition coefficient (Wildman–Crippen LogP) is 2.70. The smallest absolute Gasteiger partial charge is 0.159 e. The fourth-order valence-electron chi connectivity index (χ4n) is 1.37. The van der Waals surface area contributed by atoms with Crippen LogP contribution in [-0.4, -0.2) is 10.1 Å². The zero-order chi connectivity index (χ0) is 11.5. The van der Waals surface area contributed by atoms with Gasteiger partial charge in [0.05, 0.1) is 11.6 Å². The molecule has 1 heterocycles. The van der Waals surface area contributed by atoms with Gasteiger partial charge >= 0.3 is 0 Å². The van der Waals surface area contributed by atoms with Crippen LogP contribution in [0.3, 0.4) is 0 Å². The molecule has 0 spiro atoms. The molecule has 0 saturated heterocycles. The van der Waals surface area contributed by atoms with E-state index in [2.05, 4.69) is 4.98 Å². The zero-order valence-electron chi connectivity index (χ0n) is 8.23. The lowest BCUT2D eigenvalue weighted by atomic mass is 10.1. The lowest BCUT2D eigenvalue weighted by Gasteiger charge is -2.09. The second kappa shape index (κ2) is 4.67. The van der Waals surface area contributed by atoms with E-state index in [1.807, 2.05) is 0 Å². The molecule has 0 aliphatic rings. The predicted molar refractivity (Wildman–Crippen MR) is 57.1 cm³/mol. The zero-order valence-corrected chi connectivity index (χ0v) is 9.05. The molecule has 0 radical (unpaired) electrons. The maximum Gasteiger partial charge on any atom is 0.159 e. The van der Waals surface area contributed by atoms with E-state index in [9.17, 15) is 13.9 Å². The molecular weight excluding hydrogens is 232 g/mol. The van der Waals surface area contributed by atoms with Crippen LogP contribution in [0, 0.1) is 11.6 Å². The first-order chi connectivity index (χ1) is 7.66. The van der Waals surface area contributed by atoms with Gasteiger partial charge in [0.2, 0.25) is 0 Å². The monoisotopic (exact) mass is 241 g/mol. The molecule has 0 aliphatic carbocycles. The van der Waals surface area contributed by atoms with Gasteiger partial charge in [0.25, 0.3) is 0 Å². The fourth-order valence-corrected chi connectivity index (χ4v) is 2.00. The third kappa shape index (κ3) is 2.43. The number of aliphatic hydroxyl groups excluding tert-OH is 1. The molecule has 16 heavy (non-hydrogen) atoms. The van der Waals surface area contributed by atoms with Gasteiger partial charge in [-0.15, -0.1) is 11.3 Å². The van der Waals surface area contributed by atoms with Crippen molar-refractivity contribution in [1.82, 2.24) is 4.98 Å². The van der Waals surface area contributed by atoms with E-state index >= 15 is 0 Å². The maximum atomic E-state index is 12.9. The molecule has 1 atom stereocenters. The Labute approximate surface area is 95.2 Å². The van der Waals surface area contributed by atoms with Crippen molar-refractivity contribution in [1.29, 1.82) is 0 Å². The highest BCUT2D eigenvalue weighted by atomic mass is 32.1. The normalized spacial score (nSPS) is 12.7. The second-order valence-electron chi connectivity index (χ2n) is 3.36. The first-order valence-corrected chi connectivity index (χ1v) is 5.55. The minimum Gasteiger partial charge on any atom is -0.388 e. The molecule has 0 fully saturated rings. The van der Waals surface area contributed by atoms with E-state index in [1.165, 1.54) is 17.4 Å². The van der Waals surface area contributed by atoms with Crippen molar-refractivity contribution in [2.45, 2.75) is 12.5 Å².